The van der Waals surface area contributed by atoms with E-state index < -0.39 is 0 Å². The summed E-state index contributed by atoms with van der Waals surface area (Å²) < 4.78 is 2.35. The van der Waals surface area contributed by atoms with E-state index in [2.05, 4.69) is 87.8 Å². The molecule has 0 amide bonds. The summed E-state index contributed by atoms with van der Waals surface area (Å²) in [5.74, 6) is 0. The molecular formula is C24H23N. The molecule has 1 aromatic heterocycles. The quantitative estimate of drug-likeness (QED) is 0.360. The minimum Gasteiger partial charge on any atom is -0.344 e. The van der Waals surface area contributed by atoms with Crippen molar-refractivity contribution in [3.8, 4) is 11.1 Å². The molecule has 0 spiro atoms. The molecule has 5 rings (SSSR count). The van der Waals surface area contributed by atoms with E-state index in [1.165, 1.54) is 55.2 Å². The van der Waals surface area contributed by atoms with E-state index in [1.54, 1.807) is 0 Å². The molecule has 1 aliphatic rings. The highest BCUT2D eigenvalue weighted by atomic mass is 14.9. The van der Waals surface area contributed by atoms with Gasteiger partial charge in [0.25, 0.3) is 0 Å². The maximum absolute atomic E-state index is 2.43. The van der Waals surface area contributed by atoms with Gasteiger partial charge in [-0.25, -0.2) is 0 Å². The van der Waals surface area contributed by atoms with Crippen LogP contribution < -0.4 is 0 Å². The number of nitrogens with zero attached hydrogens (tertiary/aromatic N) is 1. The summed E-state index contributed by atoms with van der Waals surface area (Å²) in [6.45, 7) is 9.07. The van der Waals surface area contributed by atoms with Crippen molar-refractivity contribution in [3.05, 3.63) is 70.8 Å². The van der Waals surface area contributed by atoms with Gasteiger partial charge < -0.3 is 4.57 Å². The molecule has 0 N–H and O–H groups in total. The van der Waals surface area contributed by atoms with Gasteiger partial charge in [0, 0.05) is 34.3 Å². The van der Waals surface area contributed by atoms with Crippen LogP contribution in [0.4, 0.5) is 0 Å². The van der Waals surface area contributed by atoms with Crippen LogP contribution in [0, 0.1) is 13.8 Å². The van der Waals surface area contributed by atoms with Gasteiger partial charge in [-0.05, 0) is 59.9 Å². The summed E-state index contributed by atoms with van der Waals surface area (Å²) in [7, 11) is 2.19. The predicted molar refractivity (Wildman–Crippen MR) is 107 cm³/mol. The van der Waals surface area contributed by atoms with E-state index in [-0.39, 0.29) is 5.41 Å². The van der Waals surface area contributed by atoms with Crippen molar-refractivity contribution in [1.82, 2.24) is 4.57 Å². The van der Waals surface area contributed by atoms with Crippen molar-refractivity contribution in [2.45, 2.75) is 33.1 Å². The second kappa shape index (κ2) is 4.54. The van der Waals surface area contributed by atoms with Crippen LogP contribution in [0.25, 0.3) is 32.9 Å². The van der Waals surface area contributed by atoms with Gasteiger partial charge in [-0.15, -0.1) is 0 Å². The number of aromatic nitrogens is 1. The Morgan fingerprint density at radius 3 is 2.12 bits per heavy atom. The van der Waals surface area contributed by atoms with Gasteiger partial charge in [-0.3, -0.25) is 0 Å². The minimum absolute atomic E-state index is 0.0528. The average Bonchev–Trinajstić information content (AvgIpc) is 2.97. The molecule has 0 atom stereocenters. The number of hydrogen-bond acceptors (Lipinski definition) is 0. The summed E-state index contributed by atoms with van der Waals surface area (Å²) in [6.07, 6.45) is 0. The normalized spacial score (nSPS) is 14.9. The highest BCUT2D eigenvalue weighted by Gasteiger charge is 2.36. The summed E-state index contributed by atoms with van der Waals surface area (Å²) >= 11 is 0. The lowest BCUT2D eigenvalue weighted by atomic mass is 9.82. The summed E-state index contributed by atoms with van der Waals surface area (Å²) in [5, 5.41) is 2.71. The first-order valence-electron chi connectivity index (χ1n) is 9.03. The lowest BCUT2D eigenvalue weighted by Crippen LogP contribution is -2.15. The van der Waals surface area contributed by atoms with E-state index in [0.29, 0.717) is 0 Å². The molecule has 1 aliphatic carbocycles. The Bertz CT molecular complexity index is 1190. The van der Waals surface area contributed by atoms with Crippen LogP contribution in [0.3, 0.4) is 0 Å². The molecular weight excluding hydrogens is 302 g/mol. The average molecular weight is 325 g/mol. The highest BCUT2D eigenvalue weighted by Crippen LogP contribution is 2.50. The van der Waals surface area contributed by atoms with Crippen LogP contribution in [0.5, 0.6) is 0 Å². The molecule has 4 aromatic rings. The number of fused-ring (bicyclic) bond motifs is 6. The van der Waals surface area contributed by atoms with E-state index in [1.807, 2.05) is 0 Å². The van der Waals surface area contributed by atoms with Gasteiger partial charge in [-0.1, -0.05) is 49.7 Å². The van der Waals surface area contributed by atoms with Crippen LogP contribution >= 0.6 is 0 Å². The molecule has 0 radical (unpaired) electrons. The Balaban J connectivity index is 1.94. The fourth-order valence-corrected chi connectivity index (χ4v) is 4.65. The Hall–Kier alpha value is -2.54. The Morgan fingerprint density at radius 2 is 1.32 bits per heavy atom. The van der Waals surface area contributed by atoms with Crippen LogP contribution in [0.2, 0.25) is 0 Å². The molecule has 0 saturated carbocycles. The van der Waals surface area contributed by atoms with Gasteiger partial charge in [0.15, 0.2) is 0 Å². The lowest BCUT2D eigenvalue weighted by Gasteiger charge is -2.22. The fraction of sp³-hybridized carbons (Fsp3) is 0.250. The van der Waals surface area contributed by atoms with Gasteiger partial charge >= 0.3 is 0 Å². The molecule has 124 valence electrons. The van der Waals surface area contributed by atoms with Crippen molar-refractivity contribution < 1.29 is 0 Å². The molecule has 1 heteroatoms. The number of hydrogen-bond donors (Lipinski definition) is 0. The highest BCUT2D eigenvalue weighted by molar-refractivity contribution is 6.10. The maximum Gasteiger partial charge on any atom is 0.0492 e. The van der Waals surface area contributed by atoms with Crippen molar-refractivity contribution in [2.24, 2.45) is 7.05 Å². The second-order valence-corrected chi connectivity index (χ2v) is 8.17. The third-order valence-electron chi connectivity index (χ3n) is 6.11. The summed E-state index contributed by atoms with van der Waals surface area (Å²) in [4.78, 5) is 0. The molecule has 1 nitrogen and oxygen atoms in total. The van der Waals surface area contributed by atoms with Crippen molar-refractivity contribution in [3.63, 3.8) is 0 Å². The van der Waals surface area contributed by atoms with E-state index >= 15 is 0 Å². The first kappa shape index (κ1) is 14.8. The fourth-order valence-electron chi connectivity index (χ4n) is 4.65. The van der Waals surface area contributed by atoms with Gasteiger partial charge in [-0.2, -0.15) is 0 Å². The lowest BCUT2D eigenvalue weighted by molar-refractivity contribution is 0.660. The number of aryl methyl sites for hydroxylation is 3. The van der Waals surface area contributed by atoms with Gasteiger partial charge in [0.05, 0.1) is 0 Å². The zero-order valence-electron chi connectivity index (χ0n) is 15.6. The topological polar surface area (TPSA) is 4.93 Å². The zero-order chi connectivity index (χ0) is 17.5. The zero-order valence-corrected chi connectivity index (χ0v) is 15.6. The van der Waals surface area contributed by atoms with E-state index in [9.17, 15) is 0 Å². The van der Waals surface area contributed by atoms with Crippen LogP contribution in [-0.4, -0.2) is 4.57 Å². The second-order valence-electron chi connectivity index (χ2n) is 8.17. The summed E-state index contributed by atoms with van der Waals surface area (Å²) in [5.41, 5.74) is 11.1. The number of rotatable bonds is 0. The van der Waals surface area contributed by atoms with Crippen molar-refractivity contribution in [1.29, 1.82) is 0 Å². The SMILES string of the molecule is Cc1ccc2c(c1)C(C)(C)c1cc3c(cc1-2)c1ccc(C)cc1n3C. The standard InChI is InChI=1S/C24H23N/c1-14-6-8-16-18-12-19-17-9-7-15(2)11-22(17)25(5)23(19)13-21(18)24(3,4)20(16)10-14/h6-13H,1-5H3. The van der Waals surface area contributed by atoms with Crippen LogP contribution in [-0.2, 0) is 12.5 Å². The smallest absolute Gasteiger partial charge is 0.0492 e. The molecule has 0 saturated heterocycles. The largest absolute Gasteiger partial charge is 0.344 e. The van der Waals surface area contributed by atoms with E-state index in [4.69, 9.17) is 0 Å². The third-order valence-corrected chi connectivity index (χ3v) is 6.11. The van der Waals surface area contributed by atoms with Crippen LogP contribution in [0.1, 0.15) is 36.1 Å². The van der Waals surface area contributed by atoms with E-state index in [0.717, 1.165) is 0 Å². The Kier molecular flexibility index (Phi) is 2.69. The van der Waals surface area contributed by atoms with Crippen molar-refractivity contribution >= 4 is 21.8 Å². The van der Waals surface area contributed by atoms with Gasteiger partial charge in [0.2, 0.25) is 0 Å². The molecule has 0 bridgehead atoms. The van der Waals surface area contributed by atoms with Crippen LogP contribution in [0.15, 0.2) is 48.5 Å². The third kappa shape index (κ3) is 1.79. The Morgan fingerprint density at radius 1 is 0.680 bits per heavy atom. The molecule has 25 heavy (non-hydrogen) atoms. The van der Waals surface area contributed by atoms with Gasteiger partial charge in [0.1, 0.15) is 0 Å². The minimum atomic E-state index is 0.0528. The maximum atomic E-state index is 2.43. The molecule has 1 heterocycles. The molecule has 0 unspecified atom stereocenters. The predicted octanol–water partition coefficient (Wildman–Crippen LogP) is 6.25. The first-order valence-corrected chi connectivity index (χ1v) is 9.03. The molecule has 3 aromatic carbocycles. The summed E-state index contributed by atoms with van der Waals surface area (Å²) in [6, 6.07) is 18.5. The monoisotopic (exact) mass is 325 g/mol. The Labute approximate surface area is 148 Å². The van der Waals surface area contributed by atoms with Crippen molar-refractivity contribution in [2.75, 3.05) is 0 Å². The number of benzene rings is 3. The molecule has 0 aliphatic heterocycles. The first-order chi connectivity index (χ1) is 11.9. The molecule has 0 fully saturated rings.